The first-order chi connectivity index (χ1) is 13.6. The Kier molecular flexibility index (Phi) is 5.27. The summed E-state index contributed by atoms with van der Waals surface area (Å²) >= 11 is 2.77. The Morgan fingerprint density at radius 1 is 1.18 bits per heavy atom. The summed E-state index contributed by atoms with van der Waals surface area (Å²) in [5, 5.41) is 7.68. The minimum atomic E-state index is -0.0612. The second-order valence-electron chi connectivity index (χ2n) is 6.18. The van der Waals surface area contributed by atoms with Crippen LogP contribution in [0.15, 0.2) is 53.7 Å². The molecule has 0 radical (unpaired) electrons. The molecule has 4 aromatic rings. The van der Waals surface area contributed by atoms with Gasteiger partial charge in [-0.25, -0.2) is 10.1 Å². The molecule has 7 nitrogen and oxygen atoms in total. The van der Waals surface area contributed by atoms with Crippen LogP contribution in [0.5, 0.6) is 0 Å². The largest absolute Gasteiger partial charge is 0.368 e. The van der Waals surface area contributed by atoms with Crippen LogP contribution < -0.4 is 10.6 Å². The molecule has 0 fully saturated rings. The quantitative estimate of drug-likeness (QED) is 0.471. The average Bonchev–Trinajstić information content (AvgIpc) is 3.32. The number of aromatic amines is 1. The number of anilines is 2. The van der Waals surface area contributed by atoms with E-state index in [1.165, 1.54) is 23.1 Å². The summed E-state index contributed by atoms with van der Waals surface area (Å²) in [7, 11) is 0. The third kappa shape index (κ3) is 4.00. The molecule has 9 heteroatoms. The highest BCUT2D eigenvalue weighted by Gasteiger charge is 2.21. The number of benzene rings is 2. The molecule has 0 saturated heterocycles. The molecule has 3 N–H and O–H groups in total. The second kappa shape index (κ2) is 7.99. The number of nitrogens with one attached hydrogen (secondary N) is 1. The molecule has 0 spiro atoms. The first-order valence-electron chi connectivity index (χ1n) is 8.61. The van der Waals surface area contributed by atoms with Crippen molar-refractivity contribution in [2.75, 3.05) is 16.4 Å². The topological polar surface area (TPSA) is 101 Å². The smallest absolute Gasteiger partial charge is 0.239 e. The summed E-state index contributed by atoms with van der Waals surface area (Å²) in [6, 6.07) is 16.0. The van der Waals surface area contributed by atoms with Gasteiger partial charge in [-0.05, 0) is 24.1 Å². The number of para-hydroxylation sites is 1. The lowest BCUT2D eigenvalue weighted by Crippen LogP contribution is -2.31. The van der Waals surface area contributed by atoms with Gasteiger partial charge in [0.05, 0.1) is 22.5 Å². The van der Waals surface area contributed by atoms with E-state index in [0.717, 1.165) is 21.3 Å². The zero-order valence-corrected chi connectivity index (χ0v) is 16.8. The number of thioether (sulfide) groups is 1. The standard InChI is InChI=1S/C19H18N6OS2/c1-12-6-5-9-14-16(12)21-19(28-14)25(10-13-7-3-2-4-8-13)15(26)11-27-18-22-17(20)23-24-18/h2-9H,10-11H2,1H3,(H3,20,22,23,24). The van der Waals surface area contributed by atoms with Crippen LogP contribution in [0.3, 0.4) is 0 Å². The molecule has 2 heterocycles. The maximum absolute atomic E-state index is 13.1. The van der Waals surface area contributed by atoms with Crippen LogP contribution in [0.1, 0.15) is 11.1 Å². The van der Waals surface area contributed by atoms with Crippen molar-refractivity contribution in [2.24, 2.45) is 0 Å². The summed E-state index contributed by atoms with van der Waals surface area (Å²) in [4.78, 5) is 23.6. The minimum Gasteiger partial charge on any atom is -0.368 e. The number of amides is 1. The molecule has 1 amide bonds. The van der Waals surface area contributed by atoms with E-state index in [9.17, 15) is 4.79 Å². The number of thiazole rings is 1. The predicted molar refractivity (Wildman–Crippen MR) is 114 cm³/mol. The highest BCUT2D eigenvalue weighted by molar-refractivity contribution is 7.99. The molecular weight excluding hydrogens is 392 g/mol. The number of nitrogen functional groups attached to an aromatic ring is 1. The van der Waals surface area contributed by atoms with Gasteiger partial charge in [-0.15, -0.1) is 5.10 Å². The lowest BCUT2D eigenvalue weighted by molar-refractivity contribution is -0.116. The average molecular weight is 411 g/mol. The Labute approximate surface area is 170 Å². The van der Waals surface area contributed by atoms with Gasteiger partial charge in [-0.3, -0.25) is 9.69 Å². The van der Waals surface area contributed by atoms with Gasteiger partial charge in [0.1, 0.15) is 0 Å². The lowest BCUT2D eigenvalue weighted by atomic mass is 10.2. The fraction of sp³-hybridized carbons (Fsp3) is 0.158. The zero-order valence-electron chi connectivity index (χ0n) is 15.1. The number of aromatic nitrogens is 4. The first kappa shape index (κ1) is 18.5. The normalized spacial score (nSPS) is 11.0. The Balaban J connectivity index is 1.62. The number of nitrogens with two attached hydrogens (primary N) is 1. The van der Waals surface area contributed by atoms with E-state index in [1.54, 1.807) is 4.90 Å². The first-order valence-corrected chi connectivity index (χ1v) is 10.4. The van der Waals surface area contributed by atoms with Crippen molar-refractivity contribution >= 4 is 50.3 Å². The predicted octanol–water partition coefficient (Wildman–Crippen LogP) is 3.63. The van der Waals surface area contributed by atoms with Crippen LogP contribution in [-0.4, -0.2) is 31.8 Å². The lowest BCUT2D eigenvalue weighted by Gasteiger charge is -2.19. The number of hydrogen-bond acceptors (Lipinski definition) is 7. The van der Waals surface area contributed by atoms with Crippen LogP contribution >= 0.6 is 23.1 Å². The molecule has 0 bridgehead atoms. The Morgan fingerprint density at radius 3 is 2.71 bits per heavy atom. The highest BCUT2D eigenvalue weighted by atomic mass is 32.2. The molecule has 0 aliphatic carbocycles. The molecule has 0 aliphatic rings. The fourth-order valence-electron chi connectivity index (χ4n) is 2.75. The number of nitrogens with zero attached hydrogens (tertiary/aromatic N) is 4. The van der Waals surface area contributed by atoms with Crippen molar-refractivity contribution in [3.63, 3.8) is 0 Å². The Hall–Kier alpha value is -2.91. The molecular formula is C19H18N6OS2. The third-order valence-corrected chi connectivity index (χ3v) is 6.01. The van der Waals surface area contributed by atoms with Gasteiger partial charge in [0.25, 0.3) is 0 Å². The van der Waals surface area contributed by atoms with Gasteiger partial charge < -0.3 is 5.73 Å². The molecule has 0 saturated carbocycles. The van der Waals surface area contributed by atoms with E-state index in [-0.39, 0.29) is 17.6 Å². The SMILES string of the molecule is Cc1cccc2sc(N(Cc3ccccc3)C(=O)CSc3n[nH]c(N)n3)nc12. The minimum absolute atomic E-state index is 0.0612. The van der Waals surface area contributed by atoms with Crippen LogP contribution in [0.4, 0.5) is 11.1 Å². The van der Waals surface area contributed by atoms with E-state index in [1.807, 2.05) is 55.5 Å². The number of carbonyl (C=O) groups is 1. The monoisotopic (exact) mass is 410 g/mol. The van der Waals surface area contributed by atoms with Crippen molar-refractivity contribution < 1.29 is 4.79 Å². The van der Waals surface area contributed by atoms with Crippen molar-refractivity contribution in [2.45, 2.75) is 18.6 Å². The maximum atomic E-state index is 13.1. The zero-order chi connectivity index (χ0) is 19.5. The number of carbonyl (C=O) groups excluding carboxylic acids is 1. The number of H-pyrrole nitrogens is 1. The molecule has 2 aromatic heterocycles. The van der Waals surface area contributed by atoms with Crippen molar-refractivity contribution in [1.82, 2.24) is 20.2 Å². The van der Waals surface area contributed by atoms with Gasteiger partial charge in [0.15, 0.2) is 5.13 Å². The third-order valence-electron chi connectivity index (χ3n) is 4.13. The van der Waals surface area contributed by atoms with E-state index in [2.05, 4.69) is 15.2 Å². The van der Waals surface area contributed by atoms with Crippen LogP contribution in [-0.2, 0) is 11.3 Å². The molecule has 4 rings (SSSR count). The van der Waals surface area contributed by atoms with Gasteiger partial charge in [-0.2, -0.15) is 4.98 Å². The molecule has 142 valence electrons. The Bertz CT molecular complexity index is 1110. The van der Waals surface area contributed by atoms with Crippen LogP contribution in [0.2, 0.25) is 0 Å². The maximum Gasteiger partial charge on any atom is 0.239 e. The van der Waals surface area contributed by atoms with Crippen molar-refractivity contribution in [1.29, 1.82) is 0 Å². The Morgan fingerprint density at radius 2 is 2.00 bits per heavy atom. The van der Waals surface area contributed by atoms with E-state index in [4.69, 9.17) is 10.7 Å². The van der Waals surface area contributed by atoms with Gasteiger partial charge in [-0.1, -0.05) is 65.6 Å². The van der Waals surface area contributed by atoms with Crippen molar-refractivity contribution in [3.05, 3.63) is 59.7 Å². The van der Waals surface area contributed by atoms with Gasteiger partial charge in [0.2, 0.25) is 17.0 Å². The van der Waals surface area contributed by atoms with Crippen LogP contribution in [0, 0.1) is 6.92 Å². The molecule has 28 heavy (non-hydrogen) atoms. The van der Waals surface area contributed by atoms with E-state index >= 15 is 0 Å². The molecule has 0 atom stereocenters. The summed E-state index contributed by atoms with van der Waals surface area (Å²) < 4.78 is 1.07. The molecule has 2 aromatic carbocycles. The van der Waals surface area contributed by atoms with E-state index < -0.39 is 0 Å². The number of hydrogen-bond donors (Lipinski definition) is 2. The van der Waals surface area contributed by atoms with Crippen molar-refractivity contribution in [3.8, 4) is 0 Å². The van der Waals surface area contributed by atoms with Gasteiger partial charge in [0, 0.05) is 0 Å². The van der Waals surface area contributed by atoms with E-state index in [0.29, 0.717) is 16.8 Å². The second-order valence-corrected chi connectivity index (χ2v) is 8.13. The molecule has 0 unspecified atom stereocenters. The number of aryl methyl sites for hydroxylation is 1. The summed E-state index contributed by atoms with van der Waals surface area (Å²) in [5.74, 6) is 0.366. The molecule has 0 aliphatic heterocycles. The fourth-order valence-corrected chi connectivity index (χ4v) is 4.49. The summed E-state index contributed by atoms with van der Waals surface area (Å²) in [6.45, 7) is 2.48. The number of fused-ring (bicyclic) bond motifs is 1. The summed E-state index contributed by atoms with van der Waals surface area (Å²) in [5.41, 5.74) is 8.62. The highest BCUT2D eigenvalue weighted by Crippen LogP contribution is 2.32. The number of rotatable bonds is 6. The van der Waals surface area contributed by atoms with Crippen LogP contribution in [0.25, 0.3) is 10.2 Å². The summed E-state index contributed by atoms with van der Waals surface area (Å²) in [6.07, 6.45) is 0. The van der Waals surface area contributed by atoms with Gasteiger partial charge >= 0.3 is 0 Å².